The molecule has 0 saturated carbocycles. The maximum absolute atomic E-state index is 12.5. The van der Waals surface area contributed by atoms with Gasteiger partial charge >= 0.3 is 6.18 Å². The van der Waals surface area contributed by atoms with Crippen molar-refractivity contribution in [1.82, 2.24) is 9.97 Å². The first-order chi connectivity index (χ1) is 9.88. The standard InChI is InChI=1S/C14H14F3N3O/c1-2-3-11-8-12(21)20-13(19-11)18-10-6-4-9(5-7-10)14(15,16)17/h4-8H,2-3H2,1H3,(H2,18,19,20,21). The van der Waals surface area contributed by atoms with Gasteiger partial charge in [0.05, 0.1) is 5.56 Å². The van der Waals surface area contributed by atoms with E-state index >= 15 is 0 Å². The van der Waals surface area contributed by atoms with Crippen molar-refractivity contribution in [2.75, 3.05) is 5.32 Å². The number of aryl methyl sites for hydroxylation is 1. The van der Waals surface area contributed by atoms with Crippen LogP contribution in [0.5, 0.6) is 0 Å². The summed E-state index contributed by atoms with van der Waals surface area (Å²) >= 11 is 0. The molecule has 0 fully saturated rings. The molecule has 1 aromatic carbocycles. The predicted molar refractivity (Wildman–Crippen MR) is 73.6 cm³/mol. The van der Waals surface area contributed by atoms with Crippen LogP contribution in [0.15, 0.2) is 35.1 Å². The Morgan fingerprint density at radius 3 is 2.48 bits per heavy atom. The molecule has 2 rings (SSSR count). The van der Waals surface area contributed by atoms with Gasteiger partial charge in [0.2, 0.25) is 5.95 Å². The Hall–Kier alpha value is -2.31. The Bertz CT molecular complexity index is 662. The van der Waals surface area contributed by atoms with Crippen molar-refractivity contribution in [1.29, 1.82) is 0 Å². The highest BCUT2D eigenvalue weighted by Gasteiger charge is 2.29. The SMILES string of the molecule is CCCc1cc(=O)[nH]c(Nc2ccc(C(F)(F)F)cc2)n1. The van der Waals surface area contributed by atoms with Crippen molar-refractivity contribution < 1.29 is 13.2 Å². The second-order valence-corrected chi connectivity index (χ2v) is 4.54. The van der Waals surface area contributed by atoms with Crippen LogP contribution in [-0.2, 0) is 12.6 Å². The van der Waals surface area contributed by atoms with Gasteiger partial charge in [0.25, 0.3) is 5.56 Å². The van der Waals surface area contributed by atoms with E-state index in [9.17, 15) is 18.0 Å². The molecule has 0 saturated heterocycles. The van der Waals surface area contributed by atoms with Crippen molar-refractivity contribution in [3.63, 3.8) is 0 Å². The number of hydrogen-bond acceptors (Lipinski definition) is 3. The van der Waals surface area contributed by atoms with E-state index in [1.807, 2.05) is 6.92 Å². The Morgan fingerprint density at radius 1 is 1.24 bits per heavy atom. The number of alkyl halides is 3. The van der Waals surface area contributed by atoms with E-state index in [2.05, 4.69) is 15.3 Å². The minimum absolute atomic E-state index is 0.214. The van der Waals surface area contributed by atoms with Crippen molar-refractivity contribution in [2.45, 2.75) is 25.9 Å². The third-order valence-corrected chi connectivity index (χ3v) is 2.78. The molecule has 0 aliphatic rings. The molecular weight excluding hydrogens is 283 g/mol. The van der Waals surface area contributed by atoms with Gasteiger partial charge in [-0.3, -0.25) is 9.78 Å². The summed E-state index contributed by atoms with van der Waals surface area (Å²) in [5.41, 5.74) is 0.0209. The number of hydrogen-bond donors (Lipinski definition) is 2. The first-order valence-electron chi connectivity index (χ1n) is 6.43. The molecule has 1 heterocycles. The molecule has 0 unspecified atom stereocenters. The van der Waals surface area contributed by atoms with Crippen molar-refractivity contribution in [3.8, 4) is 0 Å². The molecule has 0 atom stereocenters. The molecule has 1 aromatic heterocycles. The van der Waals surface area contributed by atoms with E-state index in [0.29, 0.717) is 17.8 Å². The van der Waals surface area contributed by atoms with E-state index < -0.39 is 11.7 Å². The lowest BCUT2D eigenvalue weighted by atomic mass is 10.2. The number of rotatable bonds is 4. The van der Waals surface area contributed by atoms with Gasteiger partial charge in [0.15, 0.2) is 0 Å². The molecule has 21 heavy (non-hydrogen) atoms. The molecule has 0 aliphatic carbocycles. The normalized spacial score (nSPS) is 11.4. The number of aromatic nitrogens is 2. The summed E-state index contributed by atoms with van der Waals surface area (Å²) < 4.78 is 37.4. The summed E-state index contributed by atoms with van der Waals surface area (Å²) in [5.74, 6) is 0.214. The van der Waals surface area contributed by atoms with Crippen LogP contribution in [0.3, 0.4) is 0 Å². The van der Waals surface area contributed by atoms with Crippen LogP contribution >= 0.6 is 0 Å². The summed E-state index contributed by atoms with van der Waals surface area (Å²) in [6.45, 7) is 1.96. The second-order valence-electron chi connectivity index (χ2n) is 4.54. The van der Waals surface area contributed by atoms with Crippen LogP contribution in [0.4, 0.5) is 24.8 Å². The van der Waals surface area contributed by atoms with Gasteiger partial charge in [-0.05, 0) is 30.7 Å². The molecule has 0 bridgehead atoms. The fraction of sp³-hybridized carbons (Fsp3) is 0.286. The predicted octanol–water partition coefficient (Wildman–Crippen LogP) is 3.48. The number of nitrogens with one attached hydrogen (secondary N) is 2. The lowest BCUT2D eigenvalue weighted by molar-refractivity contribution is -0.137. The molecule has 0 radical (unpaired) electrons. The largest absolute Gasteiger partial charge is 0.416 e. The van der Waals surface area contributed by atoms with Crippen LogP contribution in [0.1, 0.15) is 24.6 Å². The molecule has 2 N–H and O–H groups in total. The van der Waals surface area contributed by atoms with Gasteiger partial charge < -0.3 is 5.32 Å². The number of anilines is 2. The first kappa shape index (κ1) is 15.1. The number of benzene rings is 1. The molecule has 2 aromatic rings. The highest BCUT2D eigenvalue weighted by molar-refractivity contribution is 5.53. The first-order valence-corrected chi connectivity index (χ1v) is 6.43. The summed E-state index contributed by atoms with van der Waals surface area (Å²) in [6.07, 6.45) is -2.87. The Kier molecular flexibility index (Phi) is 4.30. The highest BCUT2D eigenvalue weighted by Crippen LogP contribution is 2.30. The zero-order valence-electron chi connectivity index (χ0n) is 11.3. The lowest BCUT2D eigenvalue weighted by Crippen LogP contribution is -2.12. The fourth-order valence-corrected chi connectivity index (χ4v) is 1.83. The van der Waals surface area contributed by atoms with Gasteiger partial charge in [-0.1, -0.05) is 13.3 Å². The van der Waals surface area contributed by atoms with Gasteiger partial charge in [0, 0.05) is 17.4 Å². The maximum Gasteiger partial charge on any atom is 0.416 e. The third-order valence-electron chi connectivity index (χ3n) is 2.78. The topological polar surface area (TPSA) is 57.8 Å². The minimum atomic E-state index is -4.37. The van der Waals surface area contributed by atoms with Crippen LogP contribution in [-0.4, -0.2) is 9.97 Å². The van der Waals surface area contributed by atoms with Crippen LogP contribution in [0.25, 0.3) is 0 Å². The van der Waals surface area contributed by atoms with E-state index in [1.54, 1.807) is 0 Å². The van der Waals surface area contributed by atoms with E-state index in [1.165, 1.54) is 18.2 Å². The minimum Gasteiger partial charge on any atom is -0.326 e. The summed E-state index contributed by atoms with van der Waals surface area (Å²) in [4.78, 5) is 18.2. The molecule has 0 amide bonds. The summed E-state index contributed by atoms with van der Waals surface area (Å²) in [6, 6.07) is 5.92. The monoisotopic (exact) mass is 297 g/mol. The average molecular weight is 297 g/mol. The second kappa shape index (κ2) is 5.99. The van der Waals surface area contributed by atoms with E-state index in [4.69, 9.17) is 0 Å². The highest BCUT2D eigenvalue weighted by atomic mass is 19.4. The zero-order chi connectivity index (χ0) is 15.5. The molecular formula is C14H14F3N3O. The maximum atomic E-state index is 12.5. The fourth-order valence-electron chi connectivity index (χ4n) is 1.83. The van der Waals surface area contributed by atoms with E-state index in [0.717, 1.165) is 18.6 Å². The van der Waals surface area contributed by atoms with Crippen molar-refractivity contribution in [2.24, 2.45) is 0 Å². The number of nitrogens with zero attached hydrogens (tertiary/aromatic N) is 1. The number of aromatic amines is 1. The van der Waals surface area contributed by atoms with Crippen LogP contribution < -0.4 is 10.9 Å². The Labute approximate surface area is 119 Å². The average Bonchev–Trinajstić information content (AvgIpc) is 2.38. The van der Waals surface area contributed by atoms with Crippen molar-refractivity contribution >= 4 is 11.6 Å². The Balaban J connectivity index is 2.20. The summed E-state index contributed by atoms with van der Waals surface area (Å²) in [5, 5.41) is 2.79. The van der Waals surface area contributed by atoms with Crippen LogP contribution in [0, 0.1) is 0 Å². The molecule has 4 nitrogen and oxygen atoms in total. The third kappa shape index (κ3) is 4.08. The number of halogens is 3. The number of H-pyrrole nitrogens is 1. The quantitative estimate of drug-likeness (QED) is 0.908. The van der Waals surface area contributed by atoms with Crippen molar-refractivity contribution in [3.05, 3.63) is 51.9 Å². The van der Waals surface area contributed by atoms with Gasteiger partial charge in [-0.15, -0.1) is 0 Å². The lowest BCUT2D eigenvalue weighted by Gasteiger charge is -2.09. The summed E-state index contributed by atoms with van der Waals surface area (Å²) in [7, 11) is 0. The van der Waals surface area contributed by atoms with Gasteiger partial charge in [-0.25, -0.2) is 4.98 Å². The van der Waals surface area contributed by atoms with Gasteiger partial charge in [-0.2, -0.15) is 13.2 Å². The molecule has 7 heteroatoms. The zero-order valence-corrected chi connectivity index (χ0v) is 11.3. The van der Waals surface area contributed by atoms with Gasteiger partial charge in [0.1, 0.15) is 0 Å². The Morgan fingerprint density at radius 2 is 1.90 bits per heavy atom. The van der Waals surface area contributed by atoms with Crippen LogP contribution in [0.2, 0.25) is 0 Å². The van der Waals surface area contributed by atoms with E-state index in [-0.39, 0.29) is 11.5 Å². The molecule has 0 aliphatic heterocycles. The molecule has 0 spiro atoms. The smallest absolute Gasteiger partial charge is 0.326 e. The molecule has 112 valence electrons.